The summed E-state index contributed by atoms with van der Waals surface area (Å²) in [7, 11) is 0. The van der Waals surface area contributed by atoms with E-state index in [0.29, 0.717) is 17.4 Å². The first-order valence-electron chi connectivity index (χ1n) is 7.76. The molecule has 0 saturated carbocycles. The van der Waals surface area contributed by atoms with Crippen LogP contribution in [0.2, 0.25) is 0 Å². The van der Waals surface area contributed by atoms with Crippen LogP contribution in [0.3, 0.4) is 0 Å². The van der Waals surface area contributed by atoms with Crippen LogP contribution in [0, 0.1) is 5.92 Å². The Labute approximate surface area is 144 Å². The maximum Gasteiger partial charge on any atom is 0.274 e. The second kappa shape index (κ2) is 7.08. The number of amides is 1. The highest BCUT2D eigenvalue weighted by atomic mass is 79.9. The summed E-state index contributed by atoms with van der Waals surface area (Å²) in [6, 6.07) is 7.79. The van der Waals surface area contributed by atoms with Gasteiger partial charge in [-0.3, -0.25) is 4.79 Å². The van der Waals surface area contributed by atoms with Crippen LogP contribution in [0.15, 0.2) is 41.1 Å². The first kappa shape index (κ1) is 15.9. The lowest BCUT2D eigenvalue weighted by Gasteiger charge is -2.29. The van der Waals surface area contributed by atoms with Crippen LogP contribution in [0.25, 0.3) is 0 Å². The van der Waals surface area contributed by atoms with E-state index in [1.807, 2.05) is 29.2 Å². The van der Waals surface area contributed by atoms with E-state index < -0.39 is 0 Å². The molecule has 0 atom stereocenters. The van der Waals surface area contributed by atoms with Crippen molar-refractivity contribution in [2.24, 2.45) is 5.92 Å². The van der Waals surface area contributed by atoms with Gasteiger partial charge in [-0.05, 0) is 37.0 Å². The molecule has 0 bridgehead atoms. The quantitative estimate of drug-likeness (QED) is 0.885. The lowest BCUT2D eigenvalue weighted by atomic mass is 9.99. The van der Waals surface area contributed by atoms with Crippen LogP contribution in [0.4, 0.5) is 11.5 Å². The number of carbonyl (C=O) groups excluding carboxylic acids is 1. The highest BCUT2D eigenvalue weighted by Gasteiger charge is 2.22. The summed E-state index contributed by atoms with van der Waals surface area (Å²) in [4.78, 5) is 22.8. The molecule has 1 N–H and O–H groups in total. The number of piperidine rings is 1. The van der Waals surface area contributed by atoms with Gasteiger partial charge in [0.2, 0.25) is 0 Å². The van der Waals surface area contributed by atoms with Crippen molar-refractivity contribution in [3.63, 3.8) is 0 Å². The number of likely N-dealkylation sites (tertiary alicyclic amines) is 1. The van der Waals surface area contributed by atoms with Crippen LogP contribution in [-0.2, 0) is 0 Å². The summed E-state index contributed by atoms with van der Waals surface area (Å²) >= 11 is 3.43. The number of halogens is 1. The zero-order chi connectivity index (χ0) is 16.2. The van der Waals surface area contributed by atoms with Gasteiger partial charge in [0.25, 0.3) is 5.91 Å². The molecule has 1 aliphatic heterocycles. The average molecular weight is 375 g/mol. The third-order valence-electron chi connectivity index (χ3n) is 4.04. The Morgan fingerprint density at radius 3 is 2.70 bits per heavy atom. The van der Waals surface area contributed by atoms with Crippen LogP contribution >= 0.6 is 15.9 Å². The Morgan fingerprint density at radius 2 is 2.04 bits per heavy atom. The second-order valence-corrected chi connectivity index (χ2v) is 6.81. The summed E-state index contributed by atoms with van der Waals surface area (Å²) in [5.74, 6) is 1.28. The Balaban J connectivity index is 1.66. The highest BCUT2D eigenvalue weighted by molar-refractivity contribution is 9.10. The van der Waals surface area contributed by atoms with E-state index >= 15 is 0 Å². The number of carbonyl (C=O) groups is 1. The number of rotatable bonds is 3. The molecule has 2 aromatic rings. The van der Waals surface area contributed by atoms with Crippen molar-refractivity contribution in [1.29, 1.82) is 0 Å². The molecule has 0 aliphatic carbocycles. The van der Waals surface area contributed by atoms with Gasteiger partial charge in [0.1, 0.15) is 11.5 Å². The fourth-order valence-corrected chi connectivity index (χ4v) is 2.99. The van der Waals surface area contributed by atoms with Crippen molar-refractivity contribution in [3.8, 4) is 0 Å². The van der Waals surface area contributed by atoms with Crippen molar-refractivity contribution in [2.45, 2.75) is 19.8 Å². The van der Waals surface area contributed by atoms with E-state index in [1.54, 1.807) is 12.4 Å². The van der Waals surface area contributed by atoms with Gasteiger partial charge in [-0.2, -0.15) is 0 Å². The lowest BCUT2D eigenvalue weighted by Crippen LogP contribution is -2.38. The van der Waals surface area contributed by atoms with Crippen LogP contribution in [0.5, 0.6) is 0 Å². The molecule has 0 spiro atoms. The van der Waals surface area contributed by atoms with Gasteiger partial charge < -0.3 is 10.2 Å². The SMILES string of the molecule is CC1CCN(C(=O)c2cnc(Nc3cccc(Br)c3)cn2)CC1. The predicted octanol–water partition coefficient (Wildman–Crippen LogP) is 3.85. The summed E-state index contributed by atoms with van der Waals surface area (Å²) in [6.45, 7) is 3.84. The van der Waals surface area contributed by atoms with E-state index in [-0.39, 0.29) is 5.91 Å². The zero-order valence-electron chi connectivity index (χ0n) is 13.0. The molecular weight excluding hydrogens is 356 g/mol. The summed E-state index contributed by atoms with van der Waals surface area (Å²) in [6.07, 6.45) is 5.25. The smallest absolute Gasteiger partial charge is 0.274 e. The third kappa shape index (κ3) is 4.07. The molecule has 0 unspecified atom stereocenters. The molecule has 6 heteroatoms. The highest BCUT2D eigenvalue weighted by Crippen LogP contribution is 2.20. The lowest BCUT2D eigenvalue weighted by molar-refractivity contribution is 0.0691. The van der Waals surface area contributed by atoms with Crippen molar-refractivity contribution < 1.29 is 4.79 Å². The van der Waals surface area contributed by atoms with E-state index in [0.717, 1.165) is 36.1 Å². The predicted molar refractivity (Wildman–Crippen MR) is 93.8 cm³/mol. The molecule has 1 amide bonds. The fourth-order valence-electron chi connectivity index (χ4n) is 2.59. The standard InChI is InChI=1S/C17H19BrN4O/c1-12-5-7-22(8-6-12)17(23)15-10-20-16(11-19-15)21-14-4-2-3-13(18)9-14/h2-4,9-12H,5-8H2,1H3,(H,20,21). The number of nitrogens with one attached hydrogen (secondary N) is 1. The molecule has 23 heavy (non-hydrogen) atoms. The van der Waals surface area contributed by atoms with Crippen molar-refractivity contribution in [3.05, 3.63) is 46.8 Å². The van der Waals surface area contributed by atoms with Crippen LogP contribution < -0.4 is 5.32 Å². The second-order valence-electron chi connectivity index (χ2n) is 5.90. The number of anilines is 2. The first-order valence-corrected chi connectivity index (χ1v) is 8.55. The fraction of sp³-hybridized carbons (Fsp3) is 0.353. The molecule has 0 radical (unpaired) electrons. The largest absolute Gasteiger partial charge is 0.339 e. The third-order valence-corrected chi connectivity index (χ3v) is 4.53. The van der Waals surface area contributed by atoms with Gasteiger partial charge in [-0.1, -0.05) is 28.9 Å². The molecule has 3 rings (SSSR count). The van der Waals surface area contributed by atoms with Crippen molar-refractivity contribution in [1.82, 2.24) is 14.9 Å². The number of aromatic nitrogens is 2. The van der Waals surface area contributed by atoms with Gasteiger partial charge in [0.15, 0.2) is 0 Å². The van der Waals surface area contributed by atoms with Crippen molar-refractivity contribution >= 4 is 33.3 Å². The van der Waals surface area contributed by atoms with Crippen LogP contribution in [-0.4, -0.2) is 33.9 Å². The molecule has 1 fully saturated rings. The maximum absolute atomic E-state index is 12.4. The maximum atomic E-state index is 12.4. The van der Waals surface area contributed by atoms with Gasteiger partial charge in [-0.15, -0.1) is 0 Å². The summed E-state index contributed by atoms with van der Waals surface area (Å²) in [5, 5.41) is 3.17. The molecular formula is C17H19BrN4O. The minimum Gasteiger partial charge on any atom is -0.339 e. The van der Waals surface area contributed by atoms with E-state index in [1.165, 1.54) is 0 Å². The first-order chi connectivity index (χ1) is 11.1. The topological polar surface area (TPSA) is 58.1 Å². The molecule has 5 nitrogen and oxygen atoms in total. The Hall–Kier alpha value is -1.95. The van der Waals surface area contributed by atoms with Gasteiger partial charge in [0, 0.05) is 23.2 Å². The summed E-state index contributed by atoms with van der Waals surface area (Å²) < 4.78 is 0.988. The Bertz CT molecular complexity index is 681. The van der Waals surface area contributed by atoms with Crippen LogP contribution in [0.1, 0.15) is 30.3 Å². The Morgan fingerprint density at radius 1 is 1.26 bits per heavy atom. The molecule has 1 aliphatic rings. The summed E-state index contributed by atoms with van der Waals surface area (Å²) in [5.41, 5.74) is 1.32. The monoisotopic (exact) mass is 374 g/mol. The minimum absolute atomic E-state index is 0.0293. The minimum atomic E-state index is -0.0293. The van der Waals surface area contributed by atoms with E-state index in [2.05, 4.69) is 38.1 Å². The average Bonchev–Trinajstić information content (AvgIpc) is 2.56. The number of hydrogen-bond donors (Lipinski definition) is 1. The van der Waals surface area contributed by atoms with E-state index in [4.69, 9.17) is 0 Å². The molecule has 2 heterocycles. The molecule has 1 aromatic heterocycles. The number of benzene rings is 1. The molecule has 1 aromatic carbocycles. The van der Waals surface area contributed by atoms with Gasteiger partial charge >= 0.3 is 0 Å². The van der Waals surface area contributed by atoms with Crippen molar-refractivity contribution in [2.75, 3.05) is 18.4 Å². The van der Waals surface area contributed by atoms with Gasteiger partial charge in [-0.25, -0.2) is 9.97 Å². The molecule has 1 saturated heterocycles. The Kier molecular flexibility index (Phi) is 4.91. The molecule has 120 valence electrons. The number of hydrogen-bond acceptors (Lipinski definition) is 4. The zero-order valence-corrected chi connectivity index (χ0v) is 14.6. The van der Waals surface area contributed by atoms with E-state index in [9.17, 15) is 4.79 Å². The van der Waals surface area contributed by atoms with Gasteiger partial charge in [0.05, 0.1) is 12.4 Å². The normalized spacial score (nSPS) is 15.5. The number of nitrogens with zero attached hydrogens (tertiary/aromatic N) is 3.